The highest BCUT2D eigenvalue weighted by atomic mass is 19.1. The van der Waals surface area contributed by atoms with Gasteiger partial charge in [-0.25, -0.2) is 4.39 Å². The average Bonchev–Trinajstić information content (AvgIpc) is 3.63. The maximum atomic E-state index is 14.0. The first-order chi connectivity index (χ1) is 25.4. The van der Waals surface area contributed by atoms with Crippen molar-refractivity contribution >= 4 is 49.6 Å². The summed E-state index contributed by atoms with van der Waals surface area (Å²) in [6, 6.07) is 61.8. The van der Waals surface area contributed by atoms with Crippen LogP contribution in [-0.2, 0) is 5.41 Å². The van der Waals surface area contributed by atoms with Crippen LogP contribution in [0.4, 0.5) is 21.5 Å². The van der Waals surface area contributed by atoms with Gasteiger partial charge in [0, 0.05) is 38.9 Å². The highest BCUT2D eigenvalue weighted by Crippen LogP contribution is 2.50. The van der Waals surface area contributed by atoms with Crippen molar-refractivity contribution in [1.82, 2.24) is 4.57 Å². The summed E-state index contributed by atoms with van der Waals surface area (Å²) in [5, 5.41) is 4.78. The van der Waals surface area contributed by atoms with Gasteiger partial charge in [0.2, 0.25) is 0 Å². The van der Waals surface area contributed by atoms with Gasteiger partial charge in [-0.2, -0.15) is 0 Å². The number of benzene rings is 8. The van der Waals surface area contributed by atoms with Crippen molar-refractivity contribution in [2.24, 2.45) is 0 Å². The number of halogens is 1. The summed E-state index contributed by atoms with van der Waals surface area (Å²) in [5.41, 5.74) is 14.0. The van der Waals surface area contributed by atoms with Crippen molar-refractivity contribution in [3.05, 3.63) is 193 Å². The Hall–Kier alpha value is -6.45. The molecule has 2 nitrogen and oxygen atoms in total. The lowest BCUT2D eigenvalue weighted by atomic mass is 9.82. The van der Waals surface area contributed by atoms with Gasteiger partial charge in [0.15, 0.2) is 0 Å². The fourth-order valence-electron chi connectivity index (χ4n) is 8.42. The van der Waals surface area contributed by atoms with E-state index in [0.29, 0.717) is 0 Å². The molecule has 3 heteroatoms. The van der Waals surface area contributed by atoms with E-state index in [1.807, 2.05) is 12.1 Å². The van der Waals surface area contributed by atoms with E-state index < -0.39 is 0 Å². The maximum absolute atomic E-state index is 14.0. The predicted molar refractivity (Wildman–Crippen MR) is 216 cm³/mol. The van der Waals surface area contributed by atoms with Crippen LogP contribution in [0.25, 0.3) is 60.5 Å². The third-order valence-corrected chi connectivity index (χ3v) is 11.0. The molecule has 0 N–H and O–H groups in total. The van der Waals surface area contributed by atoms with Gasteiger partial charge in [0.1, 0.15) is 5.82 Å². The Morgan fingerprint density at radius 3 is 1.94 bits per heavy atom. The van der Waals surface area contributed by atoms with Gasteiger partial charge in [-0.1, -0.05) is 117 Å². The van der Waals surface area contributed by atoms with Gasteiger partial charge in [0.25, 0.3) is 0 Å². The molecule has 1 aliphatic carbocycles. The van der Waals surface area contributed by atoms with Crippen LogP contribution < -0.4 is 4.90 Å². The molecule has 1 aliphatic rings. The first-order valence-electron chi connectivity index (χ1n) is 17.9. The van der Waals surface area contributed by atoms with Crippen LogP contribution >= 0.6 is 0 Å². The second-order valence-electron chi connectivity index (χ2n) is 14.4. The third-order valence-electron chi connectivity index (χ3n) is 11.0. The zero-order valence-electron chi connectivity index (χ0n) is 29.0. The molecule has 0 aliphatic heterocycles. The molecule has 52 heavy (non-hydrogen) atoms. The molecule has 0 unspecified atom stereocenters. The van der Waals surface area contributed by atoms with Crippen LogP contribution in [0.2, 0.25) is 0 Å². The lowest BCUT2D eigenvalue weighted by molar-refractivity contribution is 0.627. The van der Waals surface area contributed by atoms with E-state index in [9.17, 15) is 4.39 Å². The van der Waals surface area contributed by atoms with E-state index in [2.05, 4.69) is 175 Å². The van der Waals surface area contributed by atoms with Crippen molar-refractivity contribution in [3.63, 3.8) is 0 Å². The zero-order valence-corrected chi connectivity index (χ0v) is 29.0. The van der Waals surface area contributed by atoms with Crippen LogP contribution in [0.1, 0.15) is 25.0 Å². The van der Waals surface area contributed by atoms with Crippen molar-refractivity contribution in [2.75, 3.05) is 4.90 Å². The fourth-order valence-corrected chi connectivity index (χ4v) is 8.42. The van der Waals surface area contributed by atoms with Crippen LogP contribution in [0.3, 0.4) is 0 Å². The molecule has 1 heterocycles. The van der Waals surface area contributed by atoms with E-state index >= 15 is 0 Å². The molecule has 0 radical (unpaired) electrons. The minimum Gasteiger partial charge on any atom is -0.310 e. The molecule has 0 saturated carbocycles. The summed E-state index contributed by atoms with van der Waals surface area (Å²) in [6.45, 7) is 4.67. The summed E-state index contributed by atoms with van der Waals surface area (Å²) in [4.78, 5) is 2.38. The molecule has 8 aromatic carbocycles. The van der Waals surface area contributed by atoms with E-state index in [0.717, 1.165) is 44.9 Å². The van der Waals surface area contributed by atoms with Crippen molar-refractivity contribution in [3.8, 4) is 27.9 Å². The summed E-state index contributed by atoms with van der Waals surface area (Å²) in [7, 11) is 0. The largest absolute Gasteiger partial charge is 0.310 e. The number of nitrogens with zero attached hydrogens (tertiary/aromatic N) is 2. The highest BCUT2D eigenvalue weighted by molar-refractivity contribution is 6.10. The monoisotopic (exact) mass is 670 g/mol. The first kappa shape index (κ1) is 30.4. The minimum atomic E-state index is -0.239. The van der Waals surface area contributed by atoms with Crippen LogP contribution in [0.15, 0.2) is 176 Å². The topological polar surface area (TPSA) is 8.17 Å². The van der Waals surface area contributed by atoms with E-state index in [-0.39, 0.29) is 11.2 Å². The number of hydrogen-bond donors (Lipinski definition) is 0. The summed E-state index contributed by atoms with van der Waals surface area (Å²) in [5.74, 6) is -0.239. The van der Waals surface area contributed by atoms with Gasteiger partial charge in [-0.3, -0.25) is 0 Å². The summed E-state index contributed by atoms with van der Waals surface area (Å²) < 4.78 is 16.2. The Morgan fingerprint density at radius 1 is 0.462 bits per heavy atom. The SMILES string of the molecule is CC1(C)c2ccccc2-c2ccc(N(c3ccc(-c4ccc5c6ccccc6n(-c6ccc(F)cc6)c5c4)cc3)c3ccc4ccccc4c3)cc21. The quantitative estimate of drug-likeness (QED) is 0.177. The Bertz CT molecular complexity index is 2820. The average molecular weight is 671 g/mol. The van der Waals surface area contributed by atoms with Gasteiger partial charge < -0.3 is 9.47 Å². The van der Waals surface area contributed by atoms with Gasteiger partial charge in [0.05, 0.1) is 11.0 Å². The molecule has 0 bridgehead atoms. The summed E-state index contributed by atoms with van der Waals surface area (Å²) >= 11 is 0. The van der Waals surface area contributed by atoms with Crippen molar-refractivity contribution in [1.29, 1.82) is 0 Å². The molecule has 1 aromatic heterocycles. The second kappa shape index (κ2) is 11.5. The number of aromatic nitrogens is 1. The smallest absolute Gasteiger partial charge is 0.123 e. The Labute approximate surface area is 302 Å². The molecule has 9 aromatic rings. The number of hydrogen-bond acceptors (Lipinski definition) is 1. The van der Waals surface area contributed by atoms with Crippen molar-refractivity contribution < 1.29 is 4.39 Å². The zero-order chi connectivity index (χ0) is 35.0. The van der Waals surface area contributed by atoms with Crippen LogP contribution in [-0.4, -0.2) is 4.57 Å². The van der Waals surface area contributed by atoms with Crippen molar-refractivity contribution in [2.45, 2.75) is 19.3 Å². The van der Waals surface area contributed by atoms with Gasteiger partial charge in [-0.05, 0) is 117 Å². The first-order valence-corrected chi connectivity index (χ1v) is 17.9. The third kappa shape index (κ3) is 4.70. The molecule has 0 fully saturated rings. The Kier molecular flexibility index (Phi) is 6.74. The number of fused-ring (bicyclic) bond motifs is 7. The molecule has 0 amide bonds. The van der Waals surface area contributed by atoms with E-state index in [1.165, 1.54) is 55.9 Å². The van der Waals surface area contributed by atoms with Crippen LogP contribution in [0, 0.1) is 5.82 Å². The fraction of sp³-hybridized carbons (Fsp3) is 0.0612. The Balaban J connectivity index is 1.10. The Morgan fingerprint density at radius 2 is 1.10 bits per heavy atom. The number of para-hydroxylation sites is 1. The molecular weight excluding hydrogens is 636 g/mol. The normalized spacial score (nSPS) is 13.1. The molecule has 0 saturated heterocycles. The molecular formula is C49H35FN2. The number of anilines is 3. The standard InChI is InChI=1S/C49H35FN2/c1-49(2)45-13-7-5-11-41(45)42-28-26-40(31-46(42)49)51(39-23-17-32-9-3-4-10-34(32)29-39)37-21-15-33(16-22-37)35-18-27-44-43-12-6-8-14-47(43)52(48(44)30-35)38-24-19-36(50)20-25-38/h3-31H,1-2H3. The molecule has 0 spiro atoms. The maximum Gasteiger partial charge on any atom is 0.123 e. The molecule has 10 rings (SSSR count). The summed E-state index contributed by atoms with van der Waals surface area (Å²) in [6.07, 6.45) is 0. The molecule has 248 valence electrons. The second-order valence-corrected chi connectivity index (χ2v) is 14.4. The predicted octanol–water partition coefficient (Wildman–Crippen LogP) is 13.5. The number of rotatable bonds is 5. The lowest BCUT2D eigenvalue weighted by Gasteiger charge is -2.28. The van der Waals surface area contributed by atoms with E-state index in [4.69, 9.17) is 0 Å². The van der Waals surface area contributed by atoms with Gasteiger partial charge in [-0.15, -0.1) is 0 Å². The van der Waals surface area contributed by atoms with Gasteiger partial charge >= 0.3 is 0 Å². The molecule has 0 atom stereocenters. The minimum absolute atomic E-state index is 0.101. The lowest BCUT2D eigenvalue weighted by Crippen LogP contribution is -2.16. The van der Waals surface area contributed by atoms with E-state index in [1.54, 1.807) is 0 Å². The highest BCUT2D eigenvalue weighted by Gasteiger charge is 2.35. The van der Waals surface area contributed by atoms with Crippen LogP contribution in [0.5, 0.6) is 0 Å².